The Labute approximate surface area is 129 Å². The van der Waals surface area contributed by atoms with Gasteiger partial charge in [-0.25, -0.2) is 4.39 Å². The van der Waals surface area contributed by atoms with E-state index in [9.17, 15) is 22.4 Å². The summed E-state index contributed by atoms with van der Waals surface area (Å²) in [7, 11) is 0. The van der Waals surface area contributed by atoms with E-state index in [1.807, 2.05) is 6.07 Å². The van der Waals surface area contributed by atoms with Crippen LogP contribution in [0.25, 0.3) is 0 Å². The molecule has 0 spiro atoms. The first-order valence-electron chi connectivity index (χ1n) is 6.45. The zero-order chi connectivity index (χ0) is 17.0. The van der Waals surface area contributed by atoms with Crippen LogP contribution in [0.2, 0.25) is 0 Å². The molecule has 0 unspecified atom stereocenters. The van der Waals surface area contributed by atoms with Crippen LogP contribution in [0.3, 0.4) is 0 Å². The fraction of sp³-hybridized carbons (Fsp3) is 0.125. The van der Waals surface area contributed by atoms with Crippen molar-refractivity contribution in [3.63, 3.8) is 0 Å². The number of carbonyl (C=O) groups excluding carboxylic acids is 1. The molecule has 0 aliphatic rings. The Morgan fingerprint density at radius 3 is 2.57 bits per heavy atom. The number of nitrogens with one attached hydrogen (secondary N) is 1. The summed E-state index contributed by atoms with van der Waals surface area (Å²) in [5.74, 6) is -1.63. The molecule has 2 aromatic rings. The highest BCUT2D eigenvalue weighted by molar-refractivity contribution is 5.94. The summed E-state index contributed by atoms with van der Waals surface area (Å²) in [6.45, 7) is -0.412. The molecule has 1 N–H and O–H groups in total. The van der Waals surface area contributed by atoms with Crippen LogP contribution in [-0.4, -0.2) is 5.91 Å². The zero-order valence-corrected chi connectivity index (χ0v) is 11.6. The summed E-state index contributed by atoms with van der Waals surface area (Å²) < 4.78 is 51.6. The Bertz CT molecular complexity index is 778. The van der Waals surface area contributed by atoms with Gasteiger partial charge in [0.2, 0.25) is 0 Å². The minimum Gasteiger partial charge on any atom is -0.348 e. The van der Waals surface area contributed by atoms with Gasteiger partial charge in [0.05, 0.1) is 17.2 Å². The molecular formula is C16H10F4N2O. The minimum absolute atomic E-state index is 0.153. The van der Waals surface area contributed by atoms with Gasteiger partial charge in [0.25, 0.3) is 5.91 Å². The first-order chi connectivity index (χ1) is 10.8. The van der Waals surface area contributed by atoms with E-state index < -0.39 is 30.0 Å². The molecule has 1 amide bonds. The lowest BCUT2D eigenvalue weighted by Gasteiger charge is -2.13. The van der Waals surface area contributed by atoms with Crippen molar-refractivity contribution in [1.82, 2.24) is 5.32 Å². The van der Waals surface area contributed by atoms with Gasteiger partial charge in [0.1, 0.15) is 5.82 Å². The predicted octanol–water partition coefficient (Wildman–Crippen LogP) is 3.65. The summed E-state index contributed by atoms with van der Waals surface area (Å²) in [6, 6.07) is 9.87. The molecule has 23 heavy (non-hydrogen) atoms. The van der Waals surface area contributed by atoms with Crippen molar-refractivity contribution >= 4 is 5.91 Å². The van der Waals surface area contributed by atoms with E-state index in [0.717, 1.165) is 12.1 Å². The van der Waals surface area contributed by atoms with E-state index >= 15 is 0 Å². The fourth-order valence-electron chi connectivity index (χ4n) is 1.97. The van der Waals surface area contributed by atoms with E-state index in [4.69, 9.17) is 5.26 Å². The maximum atomic E-state index is 13.0. The summed E-state index contributed by atoms with van der Waals surface area (Å²) in [5.41, 5.74) is -0.970. The number of hydrogen-bond acceptors (Lipinski definition) is 2. The van der Waals surface area contributed by atoms with E-state index in [1.165, 1.54) is 24.3 Å². The monoisotopic (exact) mass is 322 g/mol. The summed E-state index contributed by atoms with van der Waals surface area (Å²) >= 11 is 0. The van der Waals surface area contributed by atoms with Gasteiger partial charge in [-0.15, -0.1) is 0 Å². The van der Waals surface area contributed by atoms with Crippen LogP contribution in [0.5, 0.6) is 0 Å². The third-order valence-electron chi connectivity index (χ3n) is 3.07. The van der Waals surface area contributed by atoms with Gasteiger partial charge in [-0.1, -0.05) is 12.1 Å². The van der Waals surface area contributed by atoms with E-state index in [1.54, 1.807) is 0 Å². The molecule has 0 bridgehead atoms. The molecule has 0 radical (unpaired) electrons. The summed E-state index contributed by atoms with van der Waals surface area (Å²) in [6.07, 6.45) is -4.72. The Kier molecular flexibility index (Phi) is 4.65. The second kappa shape index (κ2) is 6.48. The molecule has 0 saturated carbocycles. The largest absolute Gasteiger partial charge is 0.416 e. The zero-order valence-electron chi connectivity index (χ0n) is 11.6. The van der Waals surface area contributed by atoms with E-state index in [0.29, 0.717) is 6.07 Å². The van der Waals surface area contributed by atoms with Crippen LogP contribution in [-0.2, 0) is 12.7 Å². The van der Waals surface area contributed by atoms with Crippen LogP contribution in [0.1, 0.15) is 27.0 Å². The summed E-state index contributed by atoms with van der Waals surface area (Å²) in [4.78, 5) is 11.9. The van der Waals surface area contributed by atoms with Crippen molar-refractivity contribution in [1.29, 1.82) is 5.26 Å². The predicted molar refractivity (Wildman–Crippen MR) is 73.7 cm³/mol. The second-order valence-corrected chi connectivity index (χ2v) is 4.67. The van der Waals surface area contributed by atoms with Crippen molar-refractivity contribution in [3.8, 4) is 6.07 Å². The molecule has 2 aromatic carbocycles. The number of rotatable bonds is 3. The van der Waals surface area contributed by atoms with Crippen molar-refractivity contribution in [2.75, 3.05) is 0 Å². The number of benzene rings is 2. The van der Waals surface area contributed by atoms with Crippen LogP contribution in [0.15, 0.2) is 42.5 Å². The second-order valence-electron chi connectivity index (χ2n) is 4.67. The molecule has 2 rings (SSSR count). The number of alkyl halides is 3. The molecule has 0 saturated heterocycles. The highest BCUT2D eigenvalue weighted by Gasteiger charge is 2.33. The Balaban J connectivity index is 2.18. The Morgan fingerprint density at radius 2 is 1.91 bits per heavy atom. The van der Waals surface area contributed by atoms with Crippen LogP contribution in [0, 0.1) is 17.1 Å². The van der Waals surface area contributed by atoms with Crippen LogP contribution >= 0.6 is 0 Å². The minimum atomic E-state index is -4.72. The molecule has 7 heteroatoms. The summed E-state index contributed by atoms with van der Waals surface area (Å²) in [5, 5.41) is 11.1. The van der Waals surface area contributed by atoms with E-state index in [2.05, 4.69) is 5.32 Å². The van der Waals surface area contributed by atoms with Gasteiger partial charge >= 0.3 is 6.18 Å². The number of nitrogens with zero attached hydrogens (tertiary/aromatic N) is 1. The van der Waals surface area contributed by atoms with Gasteiger partial charge in [0.15, 0.2) is 0 Å². The Morgan fingerprint density at radius 1 is 1.17 bits per heavy atom. The molecule has 0 aromatic heterocycles. The first kappa shape index (κ1) is 16.5. The molecule has 3 nitrogen and oxygen atoms in total. The number of carbonyl (C=O) groups is 1. The number of nitriles is 1. The molecule has 0 aliphatic carbocycles. The molecule has 118 valence electrons. The lowest BCUT2D eigenvalue weighted by atomic mass is 10.1. The van der Waals surface area contributed by atoms with Gasteiger partial charge in [-0.3, -0.25) is 4.79 Å². The van der Waals surface area contributed by atoms with Crippen molar-refractivity contribution < 1.29 is 22.4 Å². The number of amides is 1. The smallest absolute Gasteiger partial charge is 0.348 e. The molecule has 0 aliphatic heterocycles. The standard InChI is InChI=1S/C16H10F4N2O/c17-13-5-4-12(14(7-13)16(18,19)20)9-22-15(23)11-3-1-2-10(6-11)8-21/h1-7H,9H2,(H,22,23). The Hall–Kier alpha value is -2.88. The molecular weight excluding hydrogens is 312 g/mol. The average Bonchev–Trinajstić information content (AvgIpc) is 2.52. The molecule has 0 heterocycles. The normalized spacial score (nSPS) is 10.9. The third kappa shape index (κ3) is 4.07. The van der Waals surface area contributed by atoms with Gasteiger partial charge in [-0.2, -0.15) is 18.4 Å². The fourth-order valence-corrected chi connectivity index (χ4v) is 1.97. The molecule has 0 atom stereocenters. The van der Waals surface area contributed by atoms with E-state index in [-0.39, 0.29) is 16.7 Å². The van der Waals surface area contributed by atoms with Gasteiger partial charge < -0.3 is 5.32 Å². The average molecular weight is 322 g/mol. The molecule has 0 fully saturated rings. The van der Waals surface area contributed by atoms with Crippen molar-refractivity contribution in [3.05, 3.63) is 70.5 Å². The lowest BCUT2D eigenvalue weighted by Crippen LogP contribution is -2.24. The lowest BCUT2D eigenvalue weighted by molar-refractivity contribution is -0.138. The first-order valence-corrected chi connectivity index (χ1v) is 6.45. The third-order valence-corrected chi connectivity index (χ3v) is 3.07. The van der Waals surface area contributed by atoms with Gasteiger partial charge in [0, 0.05) is 12.1 Å². The maximum Gasteiger partial charge on any atom is 0.416 e. The van der Waals surface area contributed by atoms with Crippen molar-refractivity contribution in [2.24, 2.45) is 0 Å². The highest BCUT2D eigenvalue weighted by atomic mass is 19.4. The van der Waals surface area contributed by atoms with Crippen LogP contribution in [0.4, 0.5) is 17.6 Å². The topological polar surface area (TPSA) is 52.9 Å². The highest BCUT2D eigenvalue weighted by Crippen LogP contribution is 2.32. The van der Waals surface area contributed by atoms with Gasteiger partial charge in [-0.05, 0) is 35.9 Å². The van der Waals surface area contributed by atoms with Crippen LogP contribution < -0.4 is 5.32 Å². The number of halogens is 4. The SMILES string of the molecule is N#Cc1cccc(C(=O)NCc2ccc(F)cc2C(F)(F)F)c1. The quantitative estimate of drug-likeness (QED) is 0.877. The maximum absolute atomic E-state index is 13.0. The number of hydrogen-bond donors (Lipinski definition) is 1. The van der Waals surface area contributed by atoms with Crippen molar-refractivity contribution in [2.45, 2.75) is 12.7 Å².